The molecule has 1 fully saturated rings. The monoisotopic (exact) mass is 311 g/mol. The highest BCUT2D eigenvalue weighted by Gasteiger charge is 2.16. The van der Waals surface area contributed by atoms with Crippen LogP contribution in [0.25, 0.3) is 0 Å². The molecule has 0 spiro atoms. The lowest BCUT2D eigenvalue weighted by Crippen LogP contribution is -2.36. The average molecular weight is 311 g/mol. The van der Waals surface area contributed by atoms with Gasteiger partial charge in [-0.2, -0.15) is 0 Å². The van der Waals surface area contributed by atoms with Crippen molar-refractivity contribution in [1.82, 2.24) is 15.1 Å². The zero-order valence-corrected chi connectivity index (χ0v) is 14.6. The molecule has 1 aliphatic rings. The van der Waals surface area contributed by atoms with Gasteiger partial charge in [0, 0.05) is 33.5 Å². The first kappa shape index (κ1) is 18.9. The quantitative estimate of drug-likeness (QED) is 0.661. The fourth-order valence-corrected chi connectivity index (χ4v) is 2.76. The van der Waals surface area contributed by atoms with Crippen molar-refractivity contribution in [1.29, 1.82) is 0 Å². The first-order valence-electron chi connectivity index (χ1n) is 8.66. The van der Waals surface area contributed by atoms with Crippen LogP contribution >= 0.6 is 0 Å². The van der Waals surface area contributed by atoms with Crippen LogP contribution in [-0.2, 0) is 9.59 Å². The summed E-state index contributed by atoms with van der Waals surface area (Å²) in [6.45, 7) is 5.55. The maximum Gasteiger partial charge on any atom is 0.220 e. The minimum absolute atomic E-state index is 0.119. The van der Waals surface area contributed by atoms with Gasteiger partial charge in [0.05, 0.1) is 0 Å². The maximum atomic E-state index is 11.8. The summed E-state index contributed by atoms with van der Waals surface area (Å²) in [5.41, 5.74) is 0. The largest absolute Gasteiger partial charge is 0.356 e. The van der Waals surface area contributed by atoms with Gasteiger partial charge >= 0.3 is 0 Å². The molecule has 0 aliphatic carbocycles. The Kier molecular flexibility index (Phi) is 9.13. The smallest absolute Gasteiger partial charge is 0.220 e. The summed E-state index contributed by atoms with van der Waals surface area (Å²) in [4.78, 5) is 26.9. The summed E-state index contributed by atoms with van der Waals surface area (Å²) in [6.07, 6.45) is 7.14. The predicted octanol–water partition coefficient (Wildman–Crippen LogP) is 1.87. The van der Waals surface area contributed by atoms with Crippen molar-refractivity contribution in [2.75, 3.05) is 40.3 Å². The molecule has 0 saturated carbocycles. The molecule has 1 saturated heterocycles. The van der Waals surface area contributed by atoms with Crippen LogP contribution in [0.3, 0.4) is 0 Å². The number of nitrogens with one attached hydrogen (secondary N) is 1. The van der Waals surface area contributed by atoms with E-state index >= 15 is 0 Å². The van der Waals surface area contributed by atoms with E-state index in [1.165, 1.54) is 12.8 Å². The molecule has 1 heterocycles. The molecule has 0 atom stereocenters. The van der Waals surface area contributed by atoms with E-state index in [1.54, 1.807) is 11.8 Å². The number of rotatable bonds is 9. The van der Waals surface area contributed by atoms with Gasteiger partial charge in [0.2, 0.25) is 11.8 Å². The number of piperidine rings is 1. The third kappa shape index (κ3) is 8.37. The van der Waals surface area contributed by atoms with Gasteiger partial charge in [0.15, 0.2) is 0 Å². The second-order valence-corrected chi connectivity index (χ2v) is 6.66. The van der Waals surface area contributed by atoms with E-state index in [0.717, 1.165) is 51.9 Å². The van der Waals surface area contributed by atoms with E-state index in [1.807, 2.05) is 7.05 Å². The summed E-state index contributed by atoms with van der Waals surface area (Å²) in [5, 5.41) is 3.08. The lowest BCUT2D eigenvalue weighted by atomic mass is 9.97. The molecule has 2 amide bonds. The van der Waals surface area contributed by atoms with Crippen molar-refractivity contribution >= 4 is 11.8 Å². The highest BCUT2D eigenvalue weighted by molar-refractivity contribution is 5.75. The van der Waals surface area contributed by atoms with Crippen molar-refractivity contribution in [3.05, 3.63) is 0 Å². The zero-order valence-electron chi connectivity index (χ0n) is 14.6. The number of carbonyl (C=O) groups excluding carboxylic acids is 2. The van der Waals surface area contributed by atoms with Gasteiger partial charge in [-0.15, -0.1) is 0 Å². The molecular formula is C17H33N3O2. The number of amides is 2. The Morgan fingerprint density at radius 1 is 1.14 bits per heavy atom. The molecule has 0 aromatic carbocycles. The van der Waals surface area contributed by atoms with Crippen molar-refractivity contribution in [2.24, 2.45) is 5.92 Å². The molecule has 0 radical (unpaired) electrons. The third-order valence-electron chi connectivity index (χ3n) is 4.61. The highest BCUT2D eigenvalue weighted by atomic mass is 16.2. The van der Waals surface area contributed by atoms with Crippen LogP contribution in [0.2, 0.25) is 0 Å². The van der Waals surface area contributed by atoms with Gasteiger partial charge in [-0.1, -0.05) is 12.8 Å². The molecule has 128 valence electrons. The standard InChI is InChI=1S/C17H33N3O2/c1-15(21)20(3)11-7-5-4-6-8-17(22)18-14-16-9-12-19(2)13-10-16/h16H,4-14H2,1-3H3,(H,18,22). The zero-order chi connectivity index (χ0) is 16.4. The Hall–Kier alpha value is -1.10. The molecule has 0 bridgehead atoms. The van der Waals surface area contributed by atoms with E-state index in [9.17, 15) is 9.59 Å². The summed E-state index contributed by atoms with van der Waals surface area (Å²) < 4.78 is 0. The number of hydrogen-bond acceptors (Lipinski definition) is 3. The second-order valence-electron chi connectivity index (χ2n) is 6.66. The Labute approximate surface area is 135 Å². The minimum Gasteiger partial charge on any atom is -0.356 e. The van der Waals surface area contributed by atoms with E-state index in [2.05, 4.69) is 17.3 Å². The van der Waals surface area contributed by atoms with Gasteiger partial charge in [-0.25, -0.2) is 0 Å². The van der Waals surface area contributed by atoms with Crippen LogP contribution in [0, 0.1) is 5.92 Å². The molecule has 0 unspecified atom stereocenters. The molecule has 1 rings (SSSR count). The lowest BCUT2D eigenvalue weighted by molar-refractivity contribution is -0.127. The summed E-state index contributed by atoms with van der Waals surface area (Å²) >= 11 is 0. The number of likely N-dealkylation sites (tertiary alicyclic amines) is 1. The summed E-state index contributed by atoms with van der Waals surface area (Å²) in [5.74, 6) is 0.968. The topological polar surface area (TPSA) is 52.7 Å². The second kappa shape index (κ2) is 10.6. The molecule has 22 heavy (non-hydrogen) atoms. The third-order valence-corrected chi connectivity index (χ3v) is 4.61. The summed E-state index contributed by atoms with van der Waals surface area (Å²) in [7, 11) is 3.99. The lowest BCUT2D eigenvalue weighted by Gasteiger charge is -2.28. The van der Waals surface area contributed by atoms with Crippen LogP contribution in [0.15, 0.2) is 0 Å². The van der Waals surface area contributed by atoms with Gasteiger partial charge in [0.1, 0.15) is 0 Å². The van der Waals surface area contributed by atoms with Crippen molar-refractivity contribution in [3.8, 4) is 0 Å². The Bertz CT molecular complexity index is 339. The van der Waals surface area contributed by atoms with E-state index < -0.39 is 0 Å². The van der Waals surface area contributed by atoms with E-state index in [4.69, 9.17) is 0 Å². The summed E-state index contributed by atoms with van der Waals surface area (Å²) in [6, 6.07) is 0. The predicted molar refractivity (Wildman–Crippen MR) is 89.6 cm³/mol. The minimum atomic E-state index is 0.119. The molecule has 0 aromatic heterocycles. The Morgan fingerprint density at radius 3 is 2.41 bits per heavy atom. The number of unbranched alkanes of at least 4 members (excludes halogenated alkanes) is 3. The number of nitrogens with zero attached hydrogens (tertiary/aromatic N) is 2. The average Bonchev–Trinajstić information content (AvgIpc) is 2.49. The van der Waals surface area contributed by atoms with Gasteiger partial charge < -0.3 is 15.1 Å². The van der Waals surface area contributed by atoms with Gasteiger partial charge in [-0.3, -0.25) is 9.59 Å². The van der Waals surface area contributed by atoms with E-state index in [-0.39, 0.29) is 11.8 Å². The van der Waals surface area contributed by atoms with E-state index in [0.29, 0.717) is 12.3 Å². The first-order valence-corrected chi connectivity index (χ1v) is 8.66. The van der Waals surface area contributed by atoms with Crippen LogP contribution in [0.1, 0.15) is 51.9 Å². The molecule has 1 N–H and O–H groups in total. The number of hydrogen-bond donors (Lipinski definition) is 1. The van der Waals surface area contributed by atoms with Crippen molar-refractivity contribution < 1.29 is 9.59 Å². The maximum absolute atomic E-state index is 11.8. The SMILES string of the molecule is CC(=O)N(C)CCCCCCC(=O)NCC1CCN(C)CC1. The molecule has 5 heteroatoms. The molecule has 1 aliphatic heterocycles. The normalized spacial score (nSPS) is 16.5. The van der Waals surface area contributed by atoms with Crippen LogP contribution in [0.4, 0.5) is 0 Å². The van der Waals surface area contributed by atoms with Crippen LogP contribution in [0.5, 0.6) is 0 Å². The Balaban J connectivity index is 1.94. The van der Waals surface area contributed by atoms with Crippen LogP contribution < -0.4 is 5.32 Å². The van der Waals surface area contributed by atoms with Gasteiger partial charge in [-0.05, 0) is 51.7 Å². The van der Waals surface area contributed by atoms with Crippen molar-refractivity contribution in [3.63, 3.8) is 0 Å². The van der Waals surface area contributed by atoms with Crippen LogP contribution in [-0.4, -0.2) is 61.9 Å². The molecule has 5 nitrogen and oxygen atoms in total. The fourth-order valence-electron chi connectivity index (χ4n) is 2.76. The molecular weight excluding hydrogens is 278 g/mol. The highest BCUT2D eigenvalue weighted by Crippen LogP contribution is 2.14. The Morgan fingerprint density at radius 2 is 1.77 bits per heavy atom. The first-order chi connectivity index (χ1) is 10.5. The van der Waals surface area contributed by atoms with Gasteiger partial charge in [0.25, 0.3) is 0 Å². The van der Waals surface area contributed by atoms with Crippen molar-refractivity contribution in [2.45, 2.75) is 51.9 Å². The number of carbonyl (C=O) groups is 2. The fraction of sp³-hybridized carbons (Fsp3) is 0.882. The molecule has 0 aromatic rings.